The molecule has 15 nitrogen and oxygen atoms in total. The Kier molecular flexibility index (Phi) is 9.48. The number of ether oxygens (including phenoxy) is 1. The van der Waals surface area contributed by atoms with Gasteiger partial charge in [0.05, 0.1) is 23.0 Å². The normalized spacial score (nSPS) is 26.8. The van der Waals surface area contributed by atoms with Crippen molar-refractivity contribution in [1.29, 1.82) is 0 Å². The summed E-state index contributed by atoms with van der Waals surface area (Å²) in [6, 6.07) is 3.60. The van der Waals surface area contributed by atoms with Gasteiger partial charge in [-0.25, -0.2) is 22.8 Å². The van der Waals surface area contributed by atoms with Crippen molar-refractivity contribution in [3.05, 3.63) is 59.4 Å². The number of aromatic nitrogens is 3. The van der Waals surface area contributed by atoms with Crippen LogP contribution < -0.4 is 20.1 Å². The van der Waals surface area contributed by atoms with Crippen LogP contribution in [0.1, 0.15) is 79.7 Å². The Morgan fingerprint density at radius 2 is 1.92 bits per heavy atom. The van der Waals surface area contributed by atoms with Gasteiger partial charge >= 0.3 is 0 Å². The first-order valence-corrected chi connectivity index (χ1v) is 19.1. The standard InChI is InChI=1S/C35H40FN7O8S/c1-19-15-28(51-41-19)31(45)38-26-11-7-5-3-4-6-9-21-17-35(21,34(47)42-52(48,49)23-13-14-23)40-30(44)27-16-22(18-43(27)33(26)46)50-32-20(2)37-25-12-8-10-24(36)29(25)39-32/h6,8-10,12,15,21-23,26-27H,3-5,7,11,13-14,16-18H2,1-2H3,(H,38,45)(H,40,44)(H,42,47)/t21-,22-,26+,27+,35-/m1/s1. The zero-order chi connectivity index (χ0) is 36.8. The number of carbonyl (C=O) groups excluding carboxylic acids is 4. The van der Waals surface area contributed by atoms with Gasteiger partial charge in [-0.2, -0.15) is 0 Å². The summed E-state index contributed by atoms with van der Waals surface area (Å²) in [7, 11) is -3.91. The molecule has 1 aromatic carbocycles. The van der Waals surface area contributed by atoms with E-state index in [2.05, 4.69) is 30.5 Å². The molecule has 4 amide bonds. The summed E-state index contributed by atoms with van der Waals surface area (Å²) in [6.45, 7) is 3.19. The molecule has 0 radical (unpaired) electrons. The van der Waals surface area contributed by atoms with Crippen molar-refractivity contribution in [1.82, 2.24) is 35.4 Å². The summed E-state index contributed by atoms with van der Waals surface area (Å²) < 4.78 is 53.7. The number of sulfonamides is 1. The number of hydrogen-bond donors (Lipinski definition) is 3. The van der Waals surface area contributed by atoms with Gasteiger partial charge in [0, 0.05) is 18.4 Å². The van der Waals surface area contributed by atoms with Crippen LogP contribution in [0.4, 0.5) is 4.39 Å². The number of carbonyl (C=O) groups is 4. The number of hydrogen-bond acceptors (Lipinski definition) is 11. The molecule has 0 spiro atoms. The minimum atomic E-state index is -3.91. The van der Waals surface area contributed by atoms with E-state index >= 15 is 0 Å². The third-order valence-corrected chi connectivity index (χ3v) is 11.9. The Hall–Kier alpha value is -4.93. The van der Waals surface area contributed by atoms with Crippen molar-refractivity contribution >= 4 is 44.7 Å². The molecule has 4 heterocycles. The maximum Gasteiger partial charge on any atom is 0.290 e. The predicted octanol–water partition coefficient (Wildman–Crippen LogP) is 2.52. The maximum absolute atomic E-state index is 14.7. The molecular weight excluding hydrogens is 697 g/mol. The average Bonchev–Trinajstić information content (AvgIpc) is 3.99. The number of aryl methyl sites for hydroxylation is 2. The highest BCUT2D eigenvalue weighted by molar-refractivity contribution is 7.91. The lowest BCUT2D eigenvalue weighted by Crippen LogP contribution is -2.58. The van der Waals surface area contributed by atoms with Gasteiger partial charge in [-0.15, -0.1) is 0 Å². The quantitative estimate of drug-likeness (QED) is 0.301. The van der Waals surface area contributed by atoms with Crippen LogP contribution >= 0.6 is 0 Å². The first kappa shape index (κ1) is 35.5. The second-order valence-corrected chi connectivity index (χ2v) is 16.0. The molecule has 17 heteroatoms. The molecule has 276 valence electrons. The number of allylic oxidation sites excluding steroid dienone is 1. The third kappa shape index (κ3) is 7.22. The van der Waals surface area contributed by atoms with E-state index in [1.54, 1.807) is 19.9 Å². The lowest BCUT2D eigenvalue weighted by Gasteiger charge is -2.29. The van der Waals surface area contributed by atoms with E-state index in [-0.39, 0.29) is 43.0 Å². The minimum Gasteiger partial charge on any atom is -0.471 e. The minimum absolute atomic E-state index is 0.00266. The first-order chi connectivity index (χ1) is 24.8. The van der Waals surface area contributed by atoms with Crippen molar-refractivity contribution in [3.63, 3.8) is 0 Å². The molecule has 5 atom stereocenters. The van der Waals surface area contributed by atoms with Crippen LogP contribution in [0.15, 0.2) is 40.9 Å². The van der Waals surface area contributed by atoms with E-state index in [1.165, 1.54) is 23.1 Å². The van der Waals surface area contributed by atoms with Crippen molar-refractivity contribution in [3.8, 4) is 5.88 Å². The molecule has 2 aromatic heterocycles. The van der Waals surface area contributed by atoms with Crippen LogP contribution in [0, 0.1) is 25.6 Å². The molecule has 4 aliphatic rings. The molecule has 0 bridgehead atoms. The molecule has 7 rings (SSSR count). The Morgan fingerprint density at radius 1 is 1.12 bits per heavy atom. The maximum atomic E-state index is 14.7. The monoisotopic (exact) mass is 737 g/mol. The summed E-state index contributed by atoms with van der Waals surface area (Å²) in [5, 5.41) is 8.69. The lowest BCUT2D eigenvalue weighted by molar-refractivity contribution is -0.141. The lowest BCUT2D eigenvalue weighted by atomic mass is 10.0. The molecule has 3 aromatic rings. The third-order valence-electron chi connectivity index (χ3n) is 10.1. The Bertz CT molecular complexity index is 2070. The van der Waals surface area contributed by atoms with E-state index in [0.29, 0.717) is 42.6 Å². The number of fused-ring (bicyclic) bond motifs is 3. The second-order valence-electron chi connectivity index (χ2n) is 14.1. The molecule has 1 saturated heterocycles. The fourth-order valence-electron chi connectivity index (χ4n) is 6.93. The largest absolute Gasteiger partial charge is 0.471 e. The zero-order valence-electron chi connectivity index (χ0n) is 28.8. The number of amides is 4. The summed E-state index contributed by atoms with van der Waals surface area (Å²) >= 11 is 0. The molecule has 2 aliphatic carbocycles. The van der Waals surface area contributed by atoms with E-state index in [9.17, 15) is 32.0 Å². The van der Waals surface area contributed by atoms with Gasteiger partial charge in [-0.3, -0.25) is 23.9 Å². The average molecular weight is 738 g/mol. The van der Waals surface area contributed by atoms with E-state index in [1.807, 2.05) is 12.2 Å². The molecular formula is C35H40FN7O8S. The topological polar surface area (TPSA) is 203 Å². The van der Waals surface area contributed by atoms with Crippen LogP contribution in [0.25, 0.3) is 11.0 Å². The van der Waals surface area contributed by atoms with E-state index < -0.39 is 74.4 Å². The van der Waals surface area contributed by atoms with Crippen molar-refractivity contribution < 1.29 is 41.2 Å². The summed E-state index contributed by atoms with van der Waals surface area (Å²) in [6.07, 6.45) is 6.95. The number of nitrogens with one attached hydrogen (secondary N) is 3. The second kappa shape index (κ2) is 13.9. The van der Waals surface area contributed by atoms with Crippen molar-refractivity contribution in [2.45, 2.75) is 101 Å². The van der Waals surface area contributed by atoms with Gasteiger partial charge < -0.3 is 24.8 Å². The van der Waals surface area contributed by atoms with Gasteiger partial charge in [0.2, 0.25) is 33.5 Å². The van der Waals surface area contributed by atoms with Gasteiger partial charge in [-0.05, 0) is 64.5 Å². The number of rotatable bonds is 7. The van der Waals surface area contributed by atoms with Gasteiger partial charge in [0.25, 0.3) is 11.8 Å². The van der Waals surface area contributed by atoms with Gasteiger partial charge in [-0.1, -0.05) is 36.2 Å². The number of benzene rings is 1. The van der Waals surface area contributed by atoms with Crippen LogP contribution in [0.5, 0.6) is 5.88 Å². The van der Waals surface area contributed by atoms with Gasteiger partial charge in [0.1, 0.15) is 34.9 Å². The highest BCUT2D eigenvalue weighted by Gasteiger charge is 2.62. The molecule has 3 fully saturated rings. The summed E-state index contributed by atoms with van der Waals surface area (Å²) in [5.41, 5.74) is -0.363. The summed E-state index contributed by atoms with van der Waals surface area (Å²) in [4.78, 5) is 65.6. The van der Waals surface area contributed by atoms with Crippen molar-refractivity contribution in [2.75, 3.05) is 6.54 Å². The number of para-hydroxylation sites is 1. The Balaban J connectivity index is 1.20. The van der Waals surface area contributed by atoms with E-state index in [0.717, 1.165) is 12.8 Å². The number of halogens is 1. The fraction of sp³-hybridized carbons (Fsp3) is 0.514. The first-order valence-electron chi connectivity index (χ1n) is 17.5. The molecule has 3 N–H and O–H groups in total. The van der Waals surface area contributed by atoms with Crippen molar-refractivity contribution in [2.24, 2.45) is 5.92 Å². The zero-order valence-corrected chi connectivity index (χ0v) is 29.6. The fourth-order valence-corrected chi connectivity index (χ4v) is 8.30. The van der Waals surface area contributed by atoms with Crippen LogP contribution in [-0.2, 0) is 24.4 Å². The highest BCUT2D eigenvalue weighted by atomic mass is 32.2. The van der Waals surface area contributed by atoms with E-state index in [4.69, 9.17) is 9.26 Å². The Morgan fingerprint density at radius 3 is 2.67 bits per heavy atom. The van der Waals surface area contributed by atoms with Crippen LogP contribution in [0.3, 0.4) is 0 Å². The molecule has 52 heavy (non-hydrogen) atoms. The molecule has 2 aliphatic heterocycles. The highest BCUT2D eigenvalue weighted by Crippen LogP contribution is 2.46. The Labute approximate surface area is 299 Å². The van der Waals surface area contributed by atoms with Crippen LogP contribution in [0.2, 0.25) is 0 Å². The predicted molar refractivity (Wildman–Crippen MR) is 183 cm³/mol. The molecule has 2 saturated carbocycles. The van der Waals surface area contributed by atoms with Crippen LogP contribution in [-0.4, -0.2) is 87.6 Å². The molecule has 0 unspecified atom stereocenters. The summed E-state index contributed by atoms with van der Waals surface area (Å²) in [5.74, 6) is -3.82. The smallest absolute Gasteiger partial charge is 0.290 e. The van der Waals surface area contributed by atoms with Gasteiger partial charge in [0.15, 0.2) is 5.82 Å². The number of nitrogens with zero attached hydrogens (tertiary/aromatic N) is 4. The SMILES string of the molecule is Cc1cc(C(=O)N[C@H]2CCCCCC=C[C@@H]3C[C@@]3(C(=O)NS(=O)(=O)C3CC3)NC(=O)[C@@H]3C[C@@H](Oc4nc5c(F)cccc5nc4C)CN3C2=O)on1.